The molecule has 6 rings (SSSR count). The van der Waals surface area contributed by atoms with E-state index in [0.29, 0.717) is 41.0 Å². The molecule has 0 N–H and O–H groups in total. The van der Waals surface area contributed by atoms with E-state index < -0.39 is 24.0 Å². The summed E-state index contributed by atoms with van der Waals surface area (Å²) in [4.78, 5) is 37.3. The lowest BCUT2D eigenvalue weighted by Crippen LogP contribution is -2.46. The molecule has 0 radical (unpaired) electrons. The highest BCUT2D eigenvalue weighted by Crippen LogP contribution is 2.37. The summed E-state index contributed by atoms with van der Waals surface area (Å²) in [5.41, 5.74) is 3.27. The Balaban J connectivity index is 1.21. The number of hydrogen-bond acceptors (Lipinski definition) is 8. The van der Waals surface area contributed by atoms with E-state index in [9.17, 15) is 31.5 Å². The van der Waals surface area contributed by atoms with Gasteiger partial charge in [-0.3, -0.25) is 14.4 Å². The van der Waals surface area contributed by atoms with E-state index in [-0.39, 0.29) is 54.3 Å². The molecule has 1 aliphatic heterocycles. The molecule has 0 spiro atoms. The third-order valence-electron chi connectivity index (χ3n) is 8.21. The molecule has 2 aromatic carbocycles. The Labute approximate surface area is 269 Å². The number of rotatable bonds is 6. The Kier molecular flexibility index (Phi) is 8.82. The number of aromatic nitrogens is 3. The van der Waals surface area contributed by atoms with Gasteiger partial charge in [0, 0.05) is 54.2 Å². The molecule has 47 heavy (non-hydrogen) atoms. The third-order valence-corrected chi connectivity index (χ3v) is 9.30. The van der Waals surface area contributed by atoms with Crippen molar-refractivity contribution in [1.29, 1.82) is 5.26 Å². The van der Waals surface area contributed by atoms with Gasteiger partial charge in [-0.25, -0.2) is 18.6 Å². The van der Waals surface area contributed by atoms with Crippen LogP contribution in [0.3, 0.4) is 0 Å². The normalized spacial score (nSPS) is 17.8. The standard InChI is InChI=1S/C32H27F5N6O3S/c33-31(34)10-12-41(13-11-31)25-8-9-26-27(15-25)47-30(40-26)43(46-29(45)32(35,36)37)28(44)23-3-1-2-21(14-23)18-42-19-24(17-39-42)22-6-4-20(16-38)5-7-22/h1-7,14,17,19,25H,8-13,15,18H2. The minimum absolute atomic E-state index is 0.0442. The number of fused-ring (bicyclic) bond motifs is 1. The van der Waals surface area contributed by atoms with Crippen LogP contribution < -0.4 is 5.06 Å². The first-order valence-corrected chi connectivity index (χ1v) is 15.6. The molecule has 9 nitrogen and oxygen atoms in total. The lowest BCUT2D eigenvalue weighted by molar-refractivity contribution is -0.199. The summed E-state index contributed by atoms with van der Waals surface area (Å²) in [6, 6.07) is 15.1. The zero-order valence-electron chi connectivity index (χ0n) is 24.7. The SMILES string of the molecule is N#Cc1ccc(-c2cnn(Cc3cccc(C(=O)N(OC(=O)C(F)(F)F)c4nc5c(s4)CC(N4CCC(F)(F)CC4)CC5)c3)c2)cc1. The molecule has 0 bridgehead atoms. The highest BCUT2D eigenvalue weighted by atomic mass is 32.1. The molecular weight excluding hydrogens is 643 g/mol. The first-order valence-electron chi connectivity index (χ1n) is 14.7. The number of hydrogen-bond donors (Lipinski definition) is 0. The van der Waals surface area contributed by atoms with Crippen molar-refractivity contribution in [1.82, 2.24) is 19.7 Å². The van der Waals surface area contributed by atoms with E-state index in [1.54, 1.807) is 53.5 Å². The minimum Gasteiger partial charge on any atom is -0.322 e. The Morgan fingerprint density at radius 2 is 1.85 bits per heavy atom. The van der Waals surface area contributed by atoms with E-state index in [1.807, 2.05) is 4.90 Å². The molecule has 1 fully saturated rings. The van der Waals surface area contributed by atoms with Crippen LogP contribution in [0.15, 0.2) is 60.9 Å². The molecule has 4 aromatic rings. The number of nitriles is 1. The summed E-state index contributed by atoms with van der Waals surface area (Å²) in [7, 11) is 0. The fourth-order valence-corrected chi connectivity index (χ4v) is 6.82. The Hall–Kier alpha value is -4.68. The topological polar surface area (TPSA) is 104 Å². The number of thiazole rings is 1. The molecule has 1 unspecified atom stereocenters. The Morgan fingerprint density at radius 3 is 2.55 bits per heavy atom. The van der Waals surface area contributed by atoms with Crippen molar-refractivity contribution in [2.75, 3.05) is 18.2 Å². The van der Waals surface area contributed by atoms with Crippen LogP contribution in [-0.2, 0) is 29.0 Å². The number of likely N-dealkylation sites (tertiary alicyclic amines) is 1. The van der Waals surface area contributed by atoms with Gasteiger partial charge in [0.15, 0.2) is 0 Å². The van der Waals surface area contributed by atoms with Crippen molar-refractivity contribution >= 4 is 28.3 Å². The van der Waals surface area contributed by atoms with Crippen molar-refractivity contribution in [3.8, 4) is 17.2 Å². The van der Waals surface area contributed by atoms with Crippen LogP contribution in [0, 0.1) is 11.3 Å². The van der Waals surface area contributed by atoms with Gasteiger partial charge in [-0.2, -0.15) is 23.5 Å². The van der Waals surface area contributed by atoms with Gasteiger partial charge >= 0.3 is 12.1 Å². The average Bonchev–Trinajstić information content (AvgIpc) is 3.70. The van der Waals surface area contributed by atoms with Crippen molar-refractivity contribution in [2.45, 2.75) is 56.8 Å². The van der Waals surface area contributed by atoms with Crippen LogP contribution in [0.4, 0.5) is 27.1 Å². The smallest absolute Gasteiger partial charge is 0.322 e. The Morgan fingerprint density at radius 1 is 1.11 bits per heavy atom. The van der Waals surface area contributed by atoms with Gasteiger partial charge in [-0.1, -0.05) is 35.6 Å². The van der Waals surface area contributed by atoms with Crippen molar-refractivity contribution < 1.29 is 36.4 Å². The molecule has 1 aliphatic carbocycles. The number of benzene rings is 2. The quantitative estimate of drug-likeness (QED) is 0.178. The second-order valence-electron chi connectivity index (χ2n) is 11.4. The van der Waals surface area contributed by atoms with Crippen LogP contribution in [0.2, 0.25) is 0 Å². The molecule has 1 amide bonds. The van der Waals surface area contributed by atoms with Crippen LogP contribution in [0.25, 0.3) is 11.1 Å². The zero-order chi connectivity index (χ0) is 33.3. The summed E-state index contributed by atoms with van der Waals surface area (Å²) >= 11 is 0.939. The van der Waals surface area contributed by atoms with E-state index in [1.165, 1.54) is 12.1 Å². The van der Waals surface area contributed by atoms with Crippen LogP contribution in [-0.4, -0.2) is 62.8 Å². The van der Waals surface area contributed by atoms with E-state index in [4.69, 9.17) is 5.26 Å². The highest BCUT2D eigenvalue weighted by Gasteiger charge is 2.45. The van der Waals surface area contributed by atoms with E-state index in [2.05, 4.69) is 21.0 Å². The molecule has 0 saturated carbocycles. The molecular formula is C32H27F5N6O3S. The number of amides is 1. The number of anilines is 1. The van der Waals surface area contributed by atoms with Gasteiger partial charge in [-0.15, -0.1) is 5.06 Å². The number of piperidine rings is 1. The maximum absolute atomic E-state index is 13.7. The zero-order valence-corrected chi connectivity index (χ0v) is 25.5. The van der Waals surface area contributed by atoms with Gasteiger partial charge in [0.2, 0.25) is 5.13 Å². The number of halogens is 5. The summed E-state index contributed by atoms with van der Waals surface area (Å²) in [5.74, 6) is -6.29. The summed E-state index contributed by atoms with van der Waals surface area (Å²) in [6.07, 6.45) is -0.957. The molecule has 2 aromatic heterocycles. The molecule has 1 saturated heterocycles. The van der Waals surface area contributed by atoms with Gasteiger partial charge in [0.1, 0.15) is 0 Å². The maximum Gasteiger partial charge on any atom is 0.493 e. The van der Waals surface area contributed by atoms with Gasteiger partial charge < -0.3 is 4.84 Å². The van der Waals surface area contributed by atoms with E-state index >= 15 is 0 Å². The molecule has 2 aliphatic rings. The number of nitrogens with zero attached hydrogens (tertiary/aromatic N) is 6. The predicted molar refractivity (Wildman–Crippen MR) is 161 cm³/mol. The van der Waals surface area contributed by atoms with Crippen molar-refractivity contribution in [3.05, 3.63) is 88.2 Å². The molecule has 3 heterocycles. The van der Waals surface area contributed by atoms with Crippen LogP contribution in [0.5, 0.6) is 0 Å². The first kappa shape index (κ1) is 32.3. The second kappa shape index (κ2) is 12.8. The largest absolute Gasteiger partial charge is 0.493 e. The van der Waals surface area contributed by atoms with Crippen LogP contribution >= 0.6 is 11.3 Å². The van der Waals surface area contributed by atoms with Gasteiger partial charge in [0.25, 0.3) is 11.8 Å². The highest BCUT2D eigenvalue weighted by molar-refractivity contribution is 7.15. The number of carbonyl (C=O) groups is 2. The number of aryl methyl sites for hydroxylation is 1. The maximum atomic E-state index is 13.7. The first-order chi connectivity index (χ1) is 22.4. The van der Waals surface area contributed by atoms with Crippen LogP contribution in [0.1, 0.15) is 51.3 Å². The second-order valence-corrected chi connectivity index (χ2v) is 12.5. The molecule has 1 atom stereocenters. The fraction of sp³-hybridized carbons (Fsp3) is 0.344. The Bertz CT molecular complexity index is 1820. The molecule has 244 valence electrons. The van der Waals surface area contributed by atoms with Gasteiger partial charge in [0.05, 0.1) is 30.1 Å². The number of hydroxylamine groups is 1. The summed E-state index contributed by atoms with van der Waals surface area (Å²) in [5, 5.41) is 13.4. The lowest BCUT2D eigenvalue weighted by atomic mass is 9.94. The predicted octanol–water partition coefficient (Wildman–Crippen LogP) is 6.18. The summed E-state index contributed by atoms with van der Waals surface area (Å²) < 4.78 is 68.9. The van der Waals surface area contributed by atoms with Gasteiger partial charge in [-0.05, 0) is 54.7 Å². The number of alkyl halides is 5. The van der Waals surface area contributed by atoms with E-state index in [0.717, 1.165) is 22.5 Å². The minimum atomic E-state index is -5.37. The monoisotopic (exact) mass is 670 g/mol. The van der Waals surface area contributed by atoms with Crippen molar-refractivity contribution in [3.63, 3.8) is 0 Å². The lowest BCUT2D eigenvalue weighted by Gasteiger charge is -2.38. The number of carbonyl (C=O) groups excluding carboxylic acids is 2. The third kappa shape index (κ3) is 7.34. The molecule has 15 heteroatoms. The summed E-state index contributed by atoms with van der Waals surface area (Å²) in [6.45, 7) is 0.686. The average molecular weight is 671 g/mol. The van der Waals surface area contributed by atoms with Crippen molar-refractivity contribution in [2.24, 2.45) is 0 Å². The fourth-order valence-electron chi connectivity index (χ4n) is 5.70.